The molecule has 2 atom stereocenters. The normalized spacial score (nSPS) is 20.4. The predicted molar refractivity (Wildman–Crippen MR) is 153 cm³/mol. The molecular formula is C28H36BrN3O3Si. The summed E-state index contributed by atoms with van der Waals surface area (Å²) in [5.74, 6) is -0.0168. The van der Waals surface area contributed by atoms with Crippen LogP contribution in [0.1, 0.15) is 51.2 Å². The van der Waals surface area contributed by atoms with Crippen LogP contribution in [0, 0.1) is 0 Å². The quantitative estimate of drug-likeness (QED) is 0.339. The minimum atomic E-state index is -2.06. The summed E-state index contributed by atoms with van der Waals surface area (Å²) in [6.07, 6.45) is 2.44. The Balaban J connectivity index is 1.65. The zero-order valence-electron chi connectivity index (χ0n) is 21.8. The highest BCUT2D eigenvalue weighted by atomic mass is 79.9. The number of carbonyl (C=O) groups is 1. The van der Waals surface area contributed by atoms with Crippen molar-refractivity contribution in [1.29, 1.82) is 0 Å². The molecule has 2 aliphatic rings. The molecule has 8 heteroatoms. The zero-order valence-corrected chi connectivity index (χ0v) is 24.4. The Morgan fingerprint density at radius 2 is 1.81 bits per heavy atom. The molecule has 0 saturated carbocycles. The number of hydrogen-bond acceptors (Lipinski definition) is 5. The van der Waals surface area contributed by atoms with Crippen molar-refractivity contribution in [2.45, 2.75) is 70.3 Å². The van der Waals surface area contributed by atoms with Crippen molar-refractivity contribution in [1.82, 2.24) is 0 Å². The number of aliphatic imine (C=N–C) groups is 1. The summed E-state index contributed by atoms with van der Waals surface area (Å²) in [7, 11) is -2.06. The number of anilines is 1. The van der Waals surface area contributed by atoms with Gasteiger partial charge in [0.05, 0.1) is 18.0 Å². The molecule has 0 N–H and O–H groups in total. The van der Waals surface area contributed by atoms with Crippen LogP contribution in [0.15, 0.2) is 64.7 Å². The maximum Gasteiger partial charge on any atom is 0.254 e. The molecule has 192 valence electrons. The minimum absolute atomic E-state index is 0.0168. The second-order valence-corrected chi connectivity index (χ2v) is 16.7. The number of hydrogen-bond donors (Lipinski definition) is 0. The fourth-order valence-corrected chi connectivity index (χ4v) is 5.64. The summed E-state index contributed by atoms with van der Waals surface area (Å²) >= 11 is 3.41. The van der Waals surface area contributed by atoms with Crippen LogP contribution in [0.3, 0.4) is 0 Å². The summed E-state index contributed by atoms with van der Waals surface area (Å²) in [5.41, 5.74) is 3.69. The van der Waals surface area contributed by atoms with Crippen LogP contribution >= 0.6 is 15.9 Å². The molecule has 2 aliphatic heterocycles. The second-order valence-electron chi connectivity index (χ2n) is 11.0. The van der Waals surface area contributed by atoms with Crippen molar-refractivity contribution < 1.29 is 14.1 Å². The molecule has 0 aliphatic carbocycles. The fourth-order valence-electron chi connectivity index (χ4n) is 4.18. The molecule has 0 aromatic heterocycles. The van der Waals surface area contributed by atoms with Gasteiger partial charge in [0.1, 0.15) is 10.7 Å². The number of benzodiazepines with no additional fused rings is 1. The molecule has 0 radical (unpaired) electrons. The first kappa shape index (κ1) is 26.8. The number of fused-ring (bicyclic) bond motifs is 1. The smallest absolute Gasteiger partial charge is 0.254 e. The molecule has 1 amide bonds. The number of amides is 1. The molecule has 0 fully saturated rings. The van der Waals surface area contributed by atoms with E-state index in [0.717, 1.165) is 46.4 Å². The van der Waals surface area contributed by atoms with Gasteiger partial charge in [0.15, 0.2) is 14.4 Å². The number of nitrogens with zero attached hydrogens (tertiary/aromatic N) is 3. The molecule has 36 heavy (non-hydrogen) atoms. The molecule has 2 aromatic carbocycles. The van der Waals surface area contributed by atoms with Gasteiger partial charge in [-0.3, -0.25) is 9.79 Å². The molecule has 0 saturated heterocycles. The van der Waals surface area contributed by atoms with Gasteiger partial charge in [0, 0.05) is 24.1 Å². The van der Waals surface area contributed by atoms with E-state index in [9.17, 15) is 4.79 Å². The average Bonchev–Trinajstić information content (AvgIpc) is 3.21. The topological polar surface area (TPSA) is 63.5 Å². The lowest BCUT2D eigenvalue weighted by molar-refractivity contribution is -0.120. The first-order chi connectivity index (χ1) is 17.1. The minimum Gasteiger partial charge on any atom is -0.414 e. The number of oxime groups is 1. The zero-order chi connectivity index (χ0) is 25.9. The van der Waals surface area contributed by atoms with E-state index in [1.54, 1.807) is 0 Å². The van der Waals surface area contributed by atoms with E-state index >= 15 is 0 Å². The van der Waals surface area contributed by atoms with Gasteiger partial charge < -0.3 is 14.2 Å². The predicted octanol–water partition coefficient (Wildman–Crippen LogP) is 6.54. The SMILES string of the molecule is CC(C)(C)[Si](C)(C)OC[C@H]1N=C(c2ccccc2)c2ccccc2N(CCC[C@H]2CC(Br)=NO2)C1=O. The lowest BCUT2D eigenvalue weighted by atomic mass is 10.00. The molecular weight excluding hydrogens is 534 g/mol. The number of carbonyl (C=O) groups excluding carboxylic acids is 1. The van der Waals surface area contributed by atoms with Crippen LogP contribution in [0.5, 0.6) is 0 Å². The number of para-hydroxylation sites is 1. The molecule has 0 spiro atoms. The van der Waals surface area contributed by atoms with Gasteiger partial charge in [0.25, 0.3) is 5.91 Å². The third-order valence-electron chi connectivity index (χ3n) is 7.35. The first-order valence-electron chi connectivity index (χ1n) is 12.6. The highest BCUT2D eigenvalue weighted by Crippen LogP contribution is 2.37. The molecule has 4 rings (SSSR count). The Hall–Kier alpha value is -2.29. The highest BCUT2D eigenvalue weighted by Gasteiger charge is 2.39. The lowest BCUT2D eigenvalue weighted by Gasteiger charge is -2.37. The largest absolute Gasteiger partial charge is 0.414 e. The van der Waals surface area contributed by atoms with Crippen LogP contribution in [0.25, 0.3) is 0 Å². The average molecular weight is 571 g/mol. The van der Waals surface area contributed by atoms with Gasteiger partial charge in [-0.15, -0.1) is 0 Å². The molecule has 0 unspecified atom stereocenters. The van der Waals surface area contributed by atoms with E-state index in [2.05, 4.69) is 73.1 Å². The highest BCUT2D eigenvalue weighted by molar-refractivity contribution is 9.18. The van der Waals surface area contributed by atoms with Crippen molar-refractivity contribution >= 4 is 46.2 Å². The van der Waals surface area contributed by atoms with Crippen molar-refractivity contribution in [2.75, 3.05) is 18.1 Å². The summed E-state index contributed by atoms with van der Waals surface area (Å²) < 4.78 is 7.37. The van der Waals surface area contributed by atoms with E-state index in [-0.39, 0.29) is 23.7 Å². The number of benzene rings is 2. The molecule has 6 nitrogen and oxygen atoms in total. The third kappa shape index (κ3) is 5.98. The van der Waals surface area contributed by atoms with E-state index in [0.29, 0.717) is 6.54 Å². The van der Waals surface area contributed by atoms with Crippen LogP contribution in [-0.2, 0) is 14.1 Å². The Bertz CT molecular complexity index is 1140. The van der Waals surface area contributed by atoms with Gasteiger partial charge >= 0.3 is 0 Å². The van der Waals surface area contributed by atoms with Gasteiger partial charge in [0.2, 0.25) is 0 Å². The second kappa shape index (κ2) is 11.0. The molecule has 0 bridgehead atoms. The van der Waals surface area contributed by atoms with Crippen LogP contribution in [0.4, 0.5) is 5.69 Å². The Labute approximate surface area is 224 Å². The summed E-state index contributed by atoms with van der Waals surface area (Å²) in [5, 5.41) is 4.04. The molecule has 2 heterocycles. The number of rotatable bonds is 8. The standard InChI is InChI=1S/C28H36BrN3O3Si/c1-28(2,3)36(4,5)34-19-23-27(33)32(17-11-14-21-18-25(29)31-35-21)24-16-10-9-15-22(24)26(30-23)20-12-7-6-8-13-20/h6-10,12-13,15-16,21,23H,11,14,17-19H2,1-5H3/t21-,23+/m0/s1. The van der Waals surface area contributed by atoms with Crippen molar-refractivity contribution in [2.24, 2.45) is 10.1 Å². The van der Waals surface area contributed by atoms with E-state index in [1.165, 1.54) is 0 Å². The first-order valence-corrected chi connectivity index (χ1v) is 16.3. The van der Waals surface area contributed by atoms with Crippen LogP contribution in [0.2, 0.25) is 18.1 Å². The lowest BCUT2D eigenvalue weighted by Crippen LogP contribution is -2.46. The Morgan fingerprint density at radius 1 is 1.11 bits per heavy atom. The van der Waals surface area contributed by atoms with E-state index in [1.807, 2.05) is 41.3 Å². The maximum absolute atomic E-state index is 14.0. The summed E-state index contributed by atoms with van der Waals surface area (Å²) in [6, 6.07) is 17.6. The Morgan fingerprint density at radius 3 is 2.47 bits per heavy atom. The summed E-state index contributed by atoms with van der Waals surface area (Å²) in [4.78, 5) is 26.5. The van der Waals surface area contributed by atoms with Crippen molar-refractivity contribution in [3.63, 3.8) is 0 Å². The molecule has 2 aromatic rings. The number of halogens is 1. The summed E-state index contributed by atoms with van der Waals surface area (Å²) in [6.45, 7) is 11.9. The maximum atomic E-state index is 14.0. The van der Waals surface area contributed by atoms with Crippen LogP contribution < -0.4 is 4.90 Å². The van der Waals surface area contributed by atoms with E-state index in [4.69, 9.17) is 14.3 Å². The van der Waals surface area contributed by atoms with E-state index < -0.39 is 14.4 Å². The van der Waals surface area contributed by atoms with Crippen molar-refractivity contribution in [3.05, 3.63) is 65.7 Å². The van der Waals surface area contributed by atoms with Gasteiger partial charge in [-0.05, 0) is 53.0 Å². The monoisotopic (exact) mass is 569 g/mol. The van der Waals surface area contributed by atoms with Gasteiger partial charge in [-0.2, -0.15) is 0 Å². The Kier molecular flexibility index (Phi) is 8.17. The van der Waals surface area contributed by atoms with Gasteiger partial charge in [-0.1, -0.05) is 74.5 Å². The van der Waals surface area contributed by atoms with Gasteiger partial charge in [-0.25, -0.2) is 0 Å². The fraction of sp³-hybridized carbons (Fsp3) is 0.464. The van der Waals surface area contributed by atoms with Crippen molar-refractivity contribution in [3.8, 4) is 0 Å². The third-order valence-corrected chi connectivity index (χ3v) is 12.3. The van der Waals surface area contributed by atoms with Crippen LogP contribution in [-0.4, -0.2) is 49.9 Å².